The molecule has 0 aromatic heterocycles. The lowest BCUT2D eigenvalue weighted by Gasteiger charge is -2.25. The van der Waals surface area contributed by atoms with Gasteiger partial charge in [-0.3, -0.25) is 0 Å². The van der Waals surface area contributed by atoms with Crippen LogP contribution in [-0.4, -0.2) is 38.5 Å². The largest absolute Gasteiger partial charge is 0.397 e. The summed E-state index contributed by atoms with van der Waals surface area (Å²) in [5.74, 6) is 0. The highest BCUT2D eigenvalue weighted by molar-refractivity contribution is 7.90. The summed E-state index contributed by atoms with van der Waals surface area (Å²) in [5.41, 5.74) is 6.68. The van der Waals surface area contributed by atoms with E-state index in [0.29, 0.717) is 12.1 Å². The summed E-state index contributed by atoms with van der Waals surface area (Å²) < 4.78 is 23.0. The first-order chi connectivity index (χ1) is 9.19. The molecule has 0 bridgehead atoms. The molecular weight excluding hydrogens is 276 g/mol. The minimum Gasteiger partial charge on any atom is -0.397 e. The van der Waals surface area contributed by atoms with Crippen molar-refractivity contribution < 1.29 is 13.5 Å². The summed E-state index contributed by atoms with van der Waals surface area (Å²) in [5, 5.41) is 10.1. The molecule has 5 nitrogen and oxygen atoms in total. The molecule has 0 saturated carbocycles. The molecule has 0 radical (unpaired) electrons. The molecule has 1 atom stereocenters. The normalized spacial score (nSPS) is 24.4. The molecule has 1 fully saturated rings. The molecule has 0 aliphatic carbocycles. The smallest absolute Gasteiger partial charge is 0.175 e. The van der Waals surface area contributed by atoms with Crippen molar-refractivity contribution in [3.05, 3.63) is 18.2 Å². The van der Waals surface area contributed by atoms with Gasteiger partial charge in [0.1, 0.15) is 0 Å². The van der Waals surface area contributed by atoms with Crippen LogP contribution in [0, 0.1) is 0 Å². The second kappa shape index (κ2) is 5.26. The van der Waals surface area contributed by atoms with E-state index in [0.717, 1.165) is 31.6 Å². The van der Waals surface area contributed by atoms with E-state index in [1.54, 1.807) is 12.1 Å². The van der Waals surface area contributed by atoms with E-state index < -0.39 is 15.4 Å². The van der Waals surface area contributed by atoms with Crippen LogP contribution in [-0.2, 0) is 9.84 Å². The van der Waals surface area contributed by atoms with Crippen LogP contribution in [0.2, 0.25) is 0 Å². The highest BCUT2D eigenvalue weighted by Gasteiger charge is 2.25. The van der Waals surface area contributed by atoms with Crippen molar-refractivity contribution in [1.82, 2.24) is 0 Å². The minimum atomic E-state index is -3.24. The predicted octanol–water partition coefficient (Wildman–Crippen LogP) is 1.41. The molecular formula is C14H22N2O3S. The first-order valence-corrected chi connectivity index (χ1v) is 8.65. The standard InChI is InChI=1S/C14H22N2O3S/c1-14(17)6-3-8-16(9-7-14)13-5-4-11(10-12(13)15)20(2,18)19/h4-5,10,17H,3,6-9,15H2,1-2H3. The Kier molecular flexibility index (Phi) is 3.97. The molecule has 1 heterocycles. The number of rotatable bonds is 2. The second-order valence-corrected chi connectivity index (χ2v) is 7.85. The first kappa shape index (κ1) is 15.1. The summed E-state index contributed by atoms with van der Waals surface area (Å²) in [6.45, 7) is 3.39. The van der Waals surface area contributed by atoms with Gasteiger partial charge in [0.25, 0.3) is 0 Å². The van der Waals surface area contributed by atoms with Gasteiger partial charge in [-0.25, -0.2) is 8.42 Å². The number of nitrogens with two attached hydrogens (primary N) is 1. The lowest BCUT2D eigenvalue weighted by molar-refractivity contribution is 0.0481. The zero-order chi connectivity index (χ0) is 15.0. The molecule has 1 aromatic carbocycles. The zero-order valence-corrected chi connectivity index (χ0v) is 12.8. The Bertz CT molecular complexity index is 596. The van der Waals surface area contributed by atoms with Gasteiger partial charge in [0.15, 0.2) is 9.84 Å². The van der Waals surface area contributed by atoms with Gasteiger partial charge < -0.3 is 15.7 Å². The van der Waals surface area contributed by atoms with Gasteiger partial charge in [-0.15, -0.1) is 0 Å². The fraction of sp³-hybridized carbons (Fsp3) is 0.571. The molecule has 1 saturated heterocycles. The van der Waals surface area contributed by atoms with E-state index >= 15 is 0 Å². The SMILES string of the molecule is CC1(O)CCCN(c2ccc(S(C)(=O)=O)cc2N)CC1. The van der Waals surface area contributed by atoms with Crippen LogP contribution in [0.5, 0.6) is 0 Å². The quantitative estimate of drug-likeness (QED) is 0.807. The number of aliphatic hydroxyl groups is 1. The summed E-state index contributed by atoms with van der Waals surface area (Å²) in [4.78, 5) is 2.35. The van der Waals surface area contributed by atoms with Crippen molar-refractivity contribution in [3.8, 4) is 0 Å². The Morgan fingerprint density at radius 3 is 2.60 bits per heavy atom. The predicted molar refractivity (Wildman–Crippen MR) is 80.7 cm³/mol. The Hall–Kier alpha value is -1.27. The van der Waals surface area contributed by atoms with Crippen molar-refractivity contribution in [1.29, 1.82) is 0 Å². The Balaban J connectivity index is 2.25. The van der Waals surface area contributed by atoms with Crippen LogP contribution >= 0.6 is 0 Å². The van der Waals surface area contributed by atoms with Gasteiger partial charge >= 0.3 is 0 Å². The van der Waals surface area contributed by atoms with E-state index in [4.69, 9.17) is 5.73 Å². The van der Waals surface area contributed by atoms with Gasteiger partial charge in [-0.05, 0) is 44.4 Å². The Morgan fingerprint density at radius 1 is 1.30 bits per heavy atom. The summed E-state index contributed by atoms with van der Waals surface area (Å²) in [7, 11) is -3.24. The van der Waals surface area contributed by atoms with E-state index in [-0.39, 0.29) is 4.90 Å². The number of anilines is 2. The topological polar surface area (TPSA) is 83.6 Å². The van der Waals surface area contributed by atoms with Crippen molar-refractivity contribution in [2.45, 2.75) is 36.7 Å². The maximum Gasteiger partial charge on any atom is 0.175 e. The summed E-state index contributed by atoms with van der Waals surface area (Å²) in [6, 6.07) is 4.85. The molecule has 20 heavy (non-hydrogen) atoms. The molecule has 3 N–H and O–H groups in total. The average Bonchev–Trinajstić information content (AvgIpc) is 2.49. The van der Waals surface area contributed by atoms with Crippen molar-refractivity contribution in [2.75, 3.05) is 30.0 Å². The number of sulfone groups is 1. The fourth-order valence-electron chi connectivity index (χ4n) is 2.56. The molecule has 0 amide bonds. The maximum absolute atomic E-state index is 11.5. The van der Waals surface area contributed by atoms with Crippen molar-refractivity contribution in [3.63, 3.8) is 0 Å². The highest BCUT2D eigenvalue weighted by Crippen LogP contribution is 2.30. The van der Waals surface area contributed by atoms with E-state index in [2.05, 4.69) is 4.90 Å². The molecule has 1 unspecified atom stereocenters. The van der Waals surface area contributed by atoms with Gasteiger partial charge in [0.2, 0.25) is 0 Å². The molecule has 2 rings (SSSR count). The van der Waals surface area contributed by atoms with E-state index in [1.165, 1.54) is 12.3 Å². The average molecular weight is 298 g/mol. The lowest BCUT2D eigenvalue weighted by atomic mass is 9.98. The van der Waals surface area contributed by atoms with Crippen LogP contribution < -0.4 is 10.6 Å². The van der Waals surface area contributed by atoms with Crippen LogP contribution in [0.15, 0.2) is 23.1 Å². The fourth-order valence-corrected chi connectivity index (χ4v) is 3.21. The number of nitrogens with zero attached hydrogens (tertiary/aromatic N) is 1. The summed E-state index contributed by atoms with van der Waals surface area (Å²) in [6.07, 6.45) is 3.51. The van der Waals surface area contributed by atoms with E-state index in [1.807, 2.05) is 6.92 Å². The van der Waals surface area contributed by atoms with Gasteiger partial charge in [0, 0.05) is 19.3 Å². The molecule has 112 valence electrons. The van der Waals surface area contributed by atoms with Gasteiger partial charge in [0.05, 0.1) is 21.9 Å². The summed E-state index contributed by atoms with van der Waals surface area (Å²) >= 11 is 0. The lowest BCUT2D eigenvalue weighted by Crippen LogP contribution is -2.28. The number of hydrogen-bond donors (Lipinski definition) is 2. The van der Waals surface area contributed by atoms with Crippen LogP contribution in [0.25, 0.3) is 0 Å². The third-order valence-corrected chi connectivity index (χ3v) is 4.94. The molecule has 6 heteroatoms. The van der Waals surface area contributed by atoms with Crippen LogP contribution in [0.3, 0.4) is 0 Å². The number of benzene rings is 1. The number of nitrogen functional groups attached to an aromatic ring is 1. The van der Waals surface area contributed by atoms with Crippen molar-refractivity contribution in [2.24, 2.45) is 0 Å². The third-order valence-electron chi connectivity index (χ3n) is 3.83. The van der Waals surface area contributed by atoms with E-state index in [9.17, 15) is 13.5 Å². The molecule has 1 aliphatic rings. The number of hydrogen-bond acceptors (Lipinski definition) is 5. The highest BCUT2D eigenvalue weighted by atomic mass is 32.2. The molecule has 1 aliphatic heterocycles. The van der Waals surface area contributed by atoms with Crippen molar-refractivity contribution >= 4 is 21.2 Å². The van der Waals surface area contributed by atoms with Crippen LogP contribution in [0.1, 0.15) is 26.2 Å². The second-order valence-electron chi connectivity index (χ2n) is 5.83. The Labute approximate surface area is 120 Å². The first-order valence-electron chi connectivity index (χ1n) is 6.76. The third kappa shape index (κ3) is 3.43. The molecule has 0 spiro atoms. The van der Waals surface area contributed by atoms with Gasteiger partial charge in [-0.2, -0.15) is 0 Å². The Morgan fingerprint density at radius 2 is 2.00 bits per heavy atom. The monoisotopic (exact) mass is 298 g/mol. The molecule has 1 aromatic rings. The maximum atomic E-state index is 11.5. The minimum absolute atomic E-state index is 0.237. The van der Waals surface area contributed by atoms with Crippen LogP contribution in [0.4, 0.5) is 11.4 Å². The zero-order valence-electron chi connectivity index (χ0n) is 12.0. The van der Waals surface area contributed by atoms with Gasteiger partial charge in [-0.1, -0.05) is 0 Å².